The molecular formula is C26H27N5O2S. The van der Waals surface area contributed by atoms with Gasteiger partial charge in [0, 0.05) is 13.1 Å². The summed E-state index contributed by atoms with van der Waals surface area (Å²) in [6.07, 6.45) is 0. The number of hydrogen-bond acceptors (Lipinski definition) is 7. The van der Waals surface area contributed by atoms with E-state index in [1.807, 2.05) is 75.4 Å². The van der Waals surface area contributed by atoms with Crippen molar-refractivity contribution in [3.63, 3.8) is 0 Å². The highest BCUT2D eigenvalue weighted by atomic mass is 32.2. The molecule has 0 bridgehead atoms. The van der Waals surface area contributed by atoms with Gasteiger partial charge >= 0.3 is 0 Å². The van der Waals surface area contributed by atoms with Crippen molar-refractivity contribution in [2.75, 3.05) is 13.1 Å². The van der Waals surface area contributed by atoms with E-state index in [2.05, 4.69) is 11.1 Å². The number of aliphatic imine (C=N–C) groups is 1. The van der Waals surface area contributed by atoms with Gasteiger partial charge in [-0.3, -0.25) is 9.69 Å². The Morgan fingerprint density at radius 1 is 1.18 bits per heavy atom. The predicted molar refractivity (Wildman–Crippen MR) is 134 cm³/mol. The molecule has 0 aliphatic carbocycles. The van der Waals surface area contributed by atoms with Crippen LogP contribution in [0.5, 0.6) is 5.75 Å². The molecule has 2 aliphatic heterocycles. The molecule has 2 aromatic rings. The number of amidine groups is 1. The monoisotopic (exact) mass is 473 g/mol. The predicted octanol–water partition coefficient (Wildman–Crippen LogP) is 4.52. The van der Waals surface area contributed by atoms with E-state index < -0.39 is 6.04 Å². The van der Waals surface area contributed by atoms with E-state index in [0.29, 0.717) is 46.9 Å². The van der Waals surface area contributed by atoms with Crippen LogP contribution in [0.3, 0.4) is 0 Å². The van der Waals surface area contributed by atoms with Crippen molar-refractivity contribution in [2.45, 2.75) is 33.4 Å². The van der Waals surface area contributed by atoms with E-state index in [-0.39, 0.29) is 5.91 Å². The Morgan fingerprint density at radius 2 is 1.85 bits per heavy atom. The summed E-state index contributed by atoms with van der Waals surface area (Å²) >= 11 is 1.23. The second-order valence-electron chi connectivity index (χ2n) is 7.91. The van der Waals surface area contributed by atoms with E-state index >= 15 is 0 Å². The number of benzene rings is 2. The van der Waals surface area contributed by atoms with Gasteiger partial charge in [-0.2, -0.15) is 5.26 Å². The number of rotatable bonds is 7. The van der Waals surface area contributed by atoms with E-state index in [1.54, 1.807) is 9.80 Å². The van der Waals surface area contributed by atoms with Crippen molar-refractivity contribution in [2.24, 2.45) is 10.7 Å². The first kappa shape index (κ1) is 23.5. The molecule has 2 aliphatic rings. The van der Waals surface area contributed by atoms with Crippen LogP contribution in [-0.4, -0.2) is 34.0 Å². The topological polar surface area (TPSA) is 95.0 Å². The third-order valence-electron chi connectivity index (χ3n) is 5.90. The molecule has 174 valence electrons. The van der Waals surface area contributed by atoms with Gasteiger partial charge < -0.3 is 15.4 Å². The zero-order valence-corrected chi connectivity index (χ0v) is 20.3. The van der Waals surface area contributed by atoms with Crippen LogP contribution in [0, 0.1) is 11.3 Å². The Bertz CT molecular complexity index is 1210. The maximum atomic E-state index is 13.5. The second-order valence-corrected chi connectivity index (χ2v) is 8.89. The number of nitrogens with two attached hydrogens (primary N) is 1. The second kappa shape index (κ2) is 10.1. The molecule has 0 aromatic heterocycles. The molecule has 2 aromatic carbocycles. The number of ether oxygens (including phenoxy) is 1. The minimum atomic E-state index is -0.484. The largest absolute Gasteiger partial charge is 0.489 e. The Balaban J connectivity index is 1.69. The summed E-state index contributed by atoms with van der Waals surface area (Å²) in [4.78, 5) is 22.1. The van der Waals surface area contributed by atoms with Crippen molar-refractivity contribution < 1.29 is 9.53 Å². The third kappa shape index (κ3) is 4.39. The summed E-state index contributed by atoms with van der Waals surface area (Å²) in [6.45, 7) is 7.39. The number of carbonyl (C=O) groups is 1. The average Bonchev–Trinajstić information content (AvgIpc) is 3.18. The molecule has 1 atom stereocenters. The van der Waals surface area contributed by atoms with E-state index in [9.17, 15) is 10.1 Å². The molecule has 7 nitrogen and oxygen atoms in total. The molecule has 2 heterocycles. The number of fused-ring (bicyclic) bond motifs is 1. The van der Waals surface area contributed by atoms with Gasteiger partial charge in [-0.1, -0.05) is 42.5 Å². The van der Waals surface area contributed by atoms with Gasteiger partial charge in [0.15, 0.2) is 5.17 Å². The zero-order chi connectivity index (χ0) is 24.2. The number of hydrogen-bond donors (Lipinski definition) is 1. The highest BCUT2D eigenvalue weighted by Gasteiger charge is 2.42. The normalized spacial score (nSPS) is 17.3. The Hall–Kier alpha value is -3.70. The molecule has 34 heavy (non-hydrogen) atoms. The molecule has 0 saturated carbocycles. The number of nitrogens with zero attached hydrogens (tertiary/aromatic N) is 4. The molecule has 2 N–H and O–H groups in total. The number of likely N-dealkylation sites (N-methyl/N-ethyl adjacent to an activating group) is 1. The SMILES string of the molecule is CCN(CC)C(=O)C1=C(C)N=C2SC(C#N)=C(N)N2[C@H]1c1ccc(OCc2ccccc2)cc1. The number of nitriles is 1. The molecule has 0 fully saturated rings. The van der Waals surface area contributed by atoms with Crippen LogP contribution in [0.4, 0.5) is 0 Å². The number of carbonyl (C=O) groups excluding carboxylic acids is 1. The molecule has 0 saturated heterocycles. The van der Waals surface area contributed by atoms with Gasteiger partial charge in [0.2, 0.25) is 0 Å². The summed E-state index contributed by atoms with van der Waals surface area (Å²) in [5.74, 6) is 0.965. The number of thioether (sulfide) groups is 1. The van der Waals surface area contributed by atoms with Gasteiger partial charge in [0.1, 0.15) is 29.2 Å². The highest BCUT2D eigenvalue weighted by Crippen LogP contribution is 2.45. The fourth-order valence-corrected chi connectivity index (χ4v) is 5.01. The van der Waals surface area contributed by atoms with Crippen molar-refractivity contribution in [1.82, 2.24) is 9.80 Å². The Labute approximate surface area is 204 Å². The lowest BCUT2D eigenvalue weighted by molar-refractivity contribution is -0.127. The standard InChI is InChI=1S/C26H27N5O2S/c1-4-30(5-2)25(32)22-17(3)29-26-31(24(28)21(15-27)34-26)23(22)19-11-13-20(14-12-19)33-16-18-9-7-6-8-10-18/h6-14,23H,4-5,16,28H2,1-3H3/t23-/m0/s1. The first-order chi connectivity index (χ1) is 16.5. The molecule has 0 radical (unpaired) electrons. The van der Waals surface area contributed by atoms with Crippen LogP contribution >= 0.6 is 11.8 Å². The fraction of sp³-hybridized carbons (Fsp3) is 0.269. The first-order valence-corrected chi connectivity index (χ1v) is 12.0. The van der Waals surface area contributed by atoms with Crippen molar-refractivity contribution in [3.05, 3.63) is 87.7 Å². The maximum Gasteiger partial charge on any atom is 0.254 e. The van der Waals surface area contributed by atoms with Crippen LogP contribution in [0.2, 0.25) is 0 Å². The lowest BCUT2D eigenvalue weighted by Gasteiger charge is -2.36. The van der Waals surface area contributed by atoms with Gasteiger partial charge in [-0.05, 0) is 55.8 Å². The van der Waals surface area contributed by atoms with Gasteiger partial charge in [0.05, 0.1) is 17.3 Å². The molecule has 0 unspecified atom stereocenters. The van der Waals surface area contributed by atoms with Crippen molar-refractivity contribution in [1.29, 1.82) is 5.26 Å². The number of allylic oxidation sites excluding steroid dienone is 2. The summed E-state index contributed by atoms with van der Waals surface area (Å²) in [5, 5.41) is 10.1. The maximum absolute atomic E-state index is 13.5. The molecule has 4 rings (SSSR count). The van der Waals surface area contributed by atoms with E-state index in [1.165, 1.54) is 11.8 Å². The summed E-state index contributed by atoms with van der Waals surface area (Å²) < 4.78 is 5.94. The van der Waals surface area contributed by atoms with E-state index in [4.69, 9.17) is 10.5 Å². The lowest BCUT2D eigenvalue weighted by Crippen LogP contribution is -2.42. The fourth-order valence-electron chi connectivity index (χ4n) is 4.10. The molecule has 1 amide bonds. The van der Waals surface area contributed by atoms with E-state index in [0.717, 1.165) is 16.9 Å². The smallest absolute Gasteiger partial charge is 0.254 e. The summed E-state index contributed by atoms with van der Waals surface area (Å²) in [6, 6.07) is 19.3. The molecular weight excluding hydrogens is 446 g/mol. The van der Waals surface area contributed by atoms with Crippen LogP contribution in [0.1, 0.15) is 37.9 Å². The minimum absolute atomic E-state index is 0.0806. The average molecular weight is 474 g/mol. The zero-order valence-electron chi connectivity index (χ0n) is 19.5. The van der Waals surface area contributed by atoms with Crippen LogP contribution in [0.15, 0.2) is 81.6 Å². The minimum Gasteiger partial charge on any atom is -0.489 e. The van der Waals surface area contributed by atoms with Crippen LogP contribution in [0.25, 0.3) is 0 Å². The Morgan fingerprint density at radius 3 is 2.47 bits per heavy atom. The van der Waals surface area contributed by atoms with Crippen LogP contribution < -0.4 is 10.5 Å². The van der Waals surface area contributed by atoms with Crippen molar-refractivity contribution in [3.8, 4) is 11.8 Å². The first-order valence-electron chi connectivity index (χ1n) is 11.2. The molecule has 8 heteroatoms. The van der Waals surface area contributed by atoms with Gasteiger partial charge in [-0.15, -0.1) is 0 Å². The van der Waals surface area contributed by atoms with Crippen molar-refractivity contribution >= 4 is 22.8 Å². The highest BCUT2D eigenvalue weighted by molar-refractivity contribution is 8.17. The van der Waals surface area contributed by atoms with Gasteiger partial charge in [-0.25, -0.2) is 4.99 Å². The number of amides is 1. The Kier molecular flexibility index (Phi) is 6.94. The summed E-state index contributed by atoms with van der Waals surface area (Å²) in [5.41, 5.74) is 9.53. The third-order valence-corrected chi connectivity index (χ3v) is 6.88. The molecule has 0 spiro atoms. The quantitative estimate of drug-likeness (QED) is 0.635. The van der Waals surface area contributed by atoms with Crippen LogP contribution in [-0.2, 0) is 11.4 Å². The van der Waals surface area contributed by atoms with Gasteiger partial charge in [0.25, 0.3) is 5.91 Å². The summed E-state index contributed by atoms with van der Waals surface area (Å²) in [7, 11) is 0. The lowest BCUT2D eigenvalue weighted by atomic mass is 9.93.